The van der Waals surface area contributed by atoms with E-state index in [0.29, 0.717) is 13.0 Å². The van der Waals surface area contributed by atoms with Crippen molar-refractivity contribution < 1.29 is 14.4 Å². The lowest BCUT2D eigenvalue weighted by Gasteiger charge is -2.41. The van der Waals surface area contributed by atoms with Crippen molar-refractivity contribution in [1.82, 2.24) is 20.4 Å². The molecule has 3 saturated heterocycles. The van der Waals surface area contributed by atoms with Crippen molar-refractivity contribution in [3.8, 4) is 0 Å². The van der Waals surface area contributed by atoms with Crippen LogP contribution in [-0.4, -0.2) is 59.5 Å². The number of piperidine rings is 2. The highest BCUT2D eigenvalue weighted by Gasteiger charge is 2.49. The Hall–Kier alpha value is -1.79. The van der Waals surface area contributed by atoms with Crippen LogP contribution in [0.3, 0.4) is 0 Å². The molecule has 0 aromatic heterocycles. The van der Waals surface area contributed by atoms with E-state index in [0.717, 1.165) is 32.4 Å². The molecule has 3 rings (SSSR count). The molecular weight excluding hydrogens is 260 g/mol. The molecule has 5 amide bonds. The van der Waals surface area contributed by atoms with E-state index in [1.54, 1.807) is 4.90 Å². The van der Waals surface area contributed by atoms with Crippen LogP contribution in [0.15, 0.2) is 0 Å². The maximum atomic E-state index is 12.5. The van der Waals surface area contributed by atoms with Gasteiger partial charge in [0.2, 0.25) is 0 Å². The third kappa shape index (κ3) is 2.21. The van der Waals surface area contributed by atoms with E-state index < -0.39 is 11.6 Å². The fraction of sp³-hybridized carbons (Fsp3) is 0.769. The largest absolute Gasteiger partial charge is 0.325 e. The number of hydrogen-bond donors (Lipinski definition) is 2. The third-order valence-electron chi connectivity index (χ3n) is 4.40. The van der Waals surface area contributed by atoms with Crippen molar-refractivity contribution >= 4 is 18.0 Å². The molecule has 0 aliphatic carbocycles. The van der Waals surface area contributed by atoms with Crippen LogP contribution >= 0.6 is 0 Å². The first-order chi connectivity index (χ1) is 9.61. The molecule has 3 heterocycles. The molecule has 0 bridgehead atoms. The normalized spacial score (nSPS) is 30.4. The number of carbonyl (C=O) groups excluding carboxylic acids is 3. The maximum absolute atomic E-state index is 12.5. The van der Waals surface area contributed by atoms with Gasteiger partial charge in [0.1, 0.15) is 5.54 Å². The Kier molecular flexibility index (Phi) is 3.27. The van der Waals surface area contributed by atoms with E-state index >= 15 is 0 Å². The maximum Gasteiger partial charge on any atom is 0.322 e. The molecule has 3 fully saturated rings. The summed E-state index contributed by atoms with van der Waals surface area (Å²) in [5.74, 6) is -0.307. The van der Waals surface area contributed by atoms with Crippen LogP contribution in [-0.2, 0) is 4.79 Å². The number of imide groups is 1. The van der Waals surface area contributed by atoms with Crippen molar-refractivity contribution in [2.75, 3.05) is 26.2 Å². The molecule has 20 heavy (non-hydrogen) atoms. The minimum atomic E-state index is -0.916. The van der Waals surface area contributed by atoms with Gasteiger partial charge in [-0.1, -0.05) is 0 Å². The Morgan fingerprint density at radius 1 is 1.00 bits per heavy atom. The average molecular weight is 280 g/mol. The topological polar surface area (TPSA) is 81.8 Å². The zero-order valence-electron chi connectivity index (χ0n) is 11.5. The van der Waals surface area contributed by atoms with Gasteiger partial charge in [-0.05, 0) is 32.1 Å². The van der Waals surface area contributed by atoms with Crippen LogP contribution in [0.2, 0.25) is 0 Å². The van der Waals surface area contributed by atoms with Crippen LogP contribution in [0, 0.1) is 0 Å². The summed E-state index contributed by atoms with van der Waals surface area (Å²) in [6.45, 7) is 2.52. The molecule has 3 aliphatic heterocycles. The molecule has 1 atom stereocenters. The van der Waals surface area contributed by atoms with E-state index in [1.165, 1.54) is 6.42 Å². The Morgan fingerprint density at radius 3 is 2.35 bits per heavy atom. The van der Waals surface area contributed by atoms with E-state index in [1.807, 2.05) is 4.90 Å². The van der Waals surface area contributed by atoms with Crippen molar-refractivity contribution in [1.29, 1.82) is 0 Å². The smallest absolute Gasteiger partial charge is 0.322 e. The van der Waals surface area contributed by atoms with Gasteiger partial charge in [0.05, 0.1) is 6.54 Å². The fourth-order valence-corrected chi connectivity index (χ4v) is 3.32. The standard InChI is InChI=1S/C13H20N4O3/c18-10-13(15-11(19)14-10)5-4-8-17(9-13)12(20)16-6-2-1-3-7-16/h1-9H2,(H2,14,15,18,19). The highest BCUT2D eigenvalue weighted by Crippen LogP contribution is 2.25. The van der Waals surface area contributed by atoms with Gasteiger partial charge in [-0.3, -0.25) is 10.1 Å². The second kappa shape index (κ2) is 4.96. The Labute approximate surface area is 117 Å². The van der Waals surface area contributed by atoms with Gasteiger partial charge in [-0.2, -0.15) is 0 Å². The van der Waals surface area contributed by atoms with Crippen molar-refractivity contribution in [2.45, 2.75) is 37.6 Å². The van der Waals surface area contributed by atoms with Gasteiger partial charge in [0.25, 0.3) is 5.91 Å². The summed E-state index contributed by atoms with van der Waals surface area (Å²) in [7, 11) is 0. The van der Waals surface area contributed by atoms with E-state index in [4.69, 9.17) is 0 Å². The van der Waals surface area contributed by atoms with Crippen LogP contribution in [0.5, 0.6) is 0 Å². The number of amides is 5. The summed E-state index contributed by atoms with van der Waals surface area (Å²) >= 11 is 0. The summed E-state index contributed by atoms with van der Waals surface area (Å²) < 4.78 is 0. The molecule has 110 valence electrons. The molecule has 3 aliphatic rings. The number of nitrogens with zero attached hydrogens (tertiary/aromatic N) is 2. The Balaban J connectivity index is 1.70. The summed E-state index contributed by atoms with van der Waals surface area (Å²) in [5, 5.41) is 4.97. The van der Waals surface area contributed by atoms with Gasteiger partial charge in [0, 0.05) is 19.6 Å². The molecule has 0 saturated carbocycles. The van der Waals surface area contributed by atoms with Crippen molar-refractivity contribution in [3.63, 3.8) is 0 Å². The number of hydrogen-bond acceptors (Lipinski definition) is 3. The molecule has 0 aromatic rings. The predicted molar refractivity (Wildman–Crippen MR) is 71.0 cm³/mol. The molecule has 1 spiro atoms. The minimum Gasteiger partial charge on any atom is -0.325 e. The number of urea groups is 2. The van der Waals surface area contributed by atoms with Crippen LogP contribution in [0.1, 0.15) is 32.1 Å². The molecule has 0 aromatic carbocycles. The van der Waals surface area contributed by atoms with Gasteiger partial charge in [-0.15, -0.1) is 0 Å². The zero-order valence-corrected chi connectivity index (χ0v) is 11.5. The Bertz CT molecular complexity index is 447. The van der Waals surface area contributed by atoms with Gasteiger partial charge in [0.15, 0.2) is 0 Å². The first kappa shape index (κ1) is 13.2. The molecule has 7 heteroatoms. The summed E-state index contributed by atoms with van der Waals surface area (Å²) in [6.07, 6.45) is 4.58. The SMILES string of the molecule is O=C1NC(=O)C2(CCCN(C(=O)N3CCCCC3)C2)N1. The Morgan fingerprint density at radius 2 is 1.70 bits per heavy atom. The van der Waals surface area contributed by atoms with Crippen molar-refractivity contribution in [2.24, 2.45) is 0 Å². The van der Waals surface area contributed by atoms with E-state index in [2.05, 4.69) is 10.6 Å². The predicted octanol–water partition coefficient (Wildman–Crippen LogP) is 0.266. The summed E-state index contributed by atoms with van der Waals surface area (Å²) in [4.78, 5) is 39.4. The lowest BCUT2D eigenvalue weighted by atomic mass is 9.89. The molecule has 7 nitrogen and oxygen atoms in total. The lowest BCUT2D eigenvalue weighted by Crippen LogP contribution is -2.61. The first-order valence-corrected chi connectivity index (χ1v) is 7.28. The third-order valence-corrected chi connectivity index (χ3v) is 4.40. The average Bonchev–Trinajstić information content (AvgIpc) is 2.73. The zero-order chi connectivity index (χ0) is 14.2. The fourth-order valence-electron chi connectivity index (χ4n) is 3.32. The minimum absolute atomic E-state index is 0.00211. The van der Waals surface area contributed by atoms with Crippen LogP contribution < -0.4 is 10.6 Å². The monoisotopic (exact) mass is 280 g/mol. The first-order valence-electron chi connectivity index (χ1n) is 7.28. The molecule has 1 unspecified atom stereocenters. The second-order valence-electron chi connectivity index (χ2n) is 5.85. The van der Waals surface area contributed by atoms with Crippen molar-refractivity contribution in [3.05, 3.63) is 0 Å². The number of nitrogens with one attached hydrogen (secondary N) is 2. The van der Waals surface area contributed by atoms with Gasteiger partial charge < -0.3 is 15.1 Å². The molecular formula is C13H20N4O3. The lowest BCUT2D eigenvalue weighted by molar-refractivity contribution is -0.125. The van der Waals surface area contributed by atoms with E-state index in [9.17, 15) is 14.4 Å². The van der Waals surface area contributed by atoms with E-state index in [-0.39, 0.29) is 18.5 Å². The van der Waals surface area contributed by atoms with Crippen LogP contribution in [0.4, 0.5) is 9.59 Å². The van der Waals surface area contributed by atoms with Crippen LogP contribution in [0.25, 0.3) is 0 Å². The number of carbonyl (C=O) groups is 3. The number of likely N-dealkylation sites (tertiary alicyclic amines) is 2. The molecule has 2 N–H and O–H groups in total. The highest BCUT2D eigenvalue weighted by atomic mass is 16.2. The number of rotatable bonds is 0. The molecule has 0 radical (unpaired) electrons. The summed E-state index contributed by atoms with van der Waals surface area (Å²) in [6, 6.07) is -0.458. The summed E-state index contributed by atoms with van der Waals surface area (Å²) in [5.41, 5.74) is -0.916. The second-order valence-corrected chi connectivity index (χ2v) is 5.85. The quantitative estimate of drug-likeness (QED) is 0.625. The highest BCUT2D eigenvalue weighted by molar-refractivity contribution is 6.07. The van der Waals surface area contributed by atoms with Gasteiger partial charge >= 0.3 is 12.1 Å². The van der Waals surface area contributed by atoms with Gasteiger partial charge in [-0.25, -0.2) is 9.59 Å².